The molecule has 0 bridgehead atoms. The summed E-state index contributed by atoms with van der Waals surface area (Å²) in [5, 5.41) is 5.16. The highest BCUT2D eigenvalue weighted by atomic mass is 35.5. The lowest BCUT2D eigenvalue weighted by Crippen LogP contribution is -2.46. The highest BCUT2D eigenvalue weighted by Gasteiger charge is 2.39. The molecule has 4 N–H and O–H groups in total. The van der Waals surface area contributed by atoms with E-state index in [4.69, 9.17) is 10.9 Å². The molecule has 2 saturated heterocycles. The molecule has 3 rings (SSSR count). The van der Waals surface area contributed by atoms with E-state index in [9.17, 15) is 13.2 Å². The first kappa shape index (κ1) is 21.1. The third kappa shape index (κ3) is 4.55. The molecule has 146 valence electrons. The Kier molecular flexibility index (Phi) is 7.04. The number of hydrogen-bond donors (Lipinski definition) is 2. The SMILES string of the molecule is Cl.NC[C@@H]1CN(C(=O)C2CCN(S(N)(=O)=O)CC2)C[C@H]1c1ccccc1. The standard InChI is InChI=1S/C17H26N4O3S.ClH/c18-10-15-11-20(12-16(15)13-4-2-1-3-5-13)17(22)14-6-8-21(9-7-14)25(19,23)24;/h1-5,14-16H,6-12,18H2,(H2,19,23,24);1H/t15-,16+;/m1./s1. The number of piperidine rings is 1. The Morgan fingerprint density at radius 2 is 1.73 bits per heavy atom. The van der Waals surface area contributed by atoms with Crippen molar-refractivity contribution in [3.63, 3.8) is 0 Å². The number of carbonyl (C=O) groups excluding carboxylic acids is 1. The molecular weight excluding hydrogens is 376 g/mol. The first-order chi connectivity index (χ1) is 11.9. The lowest BCUT2D eigenvalue weighted by Gasteiger charge is -2.31. The number of hydrogen-bond acceptors (Lipinski definition) is 4. The molecule has 2 heterocycles. The van der Waals surface area contributed by atoms with Gasteiger partial charge >= 0.3 is 0 Å². The van der Waals surface area contributed by atoms with Crippen molar-refractivity contribution < 1.29 is 13.2 Å². The van der Waals surface area contributed by atoms with Crippen molar-refractivity contribution in [1.29, 1.82) is 0 Å². The van der Waals surface area contributed by atoms with E-state index in [1.165, 1.54) is 9.87 Å². The Hall–Kier alpha value is -1.19. The first-order valence-corrected chi connectivity index (χ1v) is 10.2. The van der Waals surface area contributed by atoms with E-state index in [2.05, 4.69) is 12.1 Å². The quantitative estimate of drug-likeness (QED) is 0.765. The molecule has 1 aromatic carbocycles. The van der Waals surface area contributed by atoms with Crippen LogP contribution in [-0.2, 0) is 15.0 Å². The fourth-order valence-corrected chi connectivity index (χ4v) is 4.70. The molecule has 9 heteroatoms. The maximum Gasteiger partial charge on any atom is 0.276 e. The largest absolute Gasteiger partial charge is 0.341 e. The average Bonchev–Trinajstić information content (AvgIpc) is 3.05. The van der Waals surface area contributed by atoms with Crippen molar-refractivity contribution in [3.05, 3.63) is 35.9 Å². The number of nitrogens with two attached hydrogens (primary N) is 2. The molecule has 0 unspecified atom stereocenters. The maximum atomic E-state index is 12.9. The van der Waals surface area contributed by atoms with Crippen LogP contribution >= 0.6 is 12.4 Å². The second-order valence-corrected chi connectivity index (χ2v) is 8.52. The fourth-order valence-electron chi connectivity index (χ4n) is 3.98. The minimum atomic E-state index is -3.66. The number of likely N-dealkylation sites (tertiary alicyclic amines) is 1. The molecule has 26 heavy (non-hydrogen) atoms. The van der Waals surface area contributed by atoms with E-state index in [-0.39, 0.29) is 36.1 Å². The summed E-state index contributed by atoms with van der Waals surface area (Å²) >= 11 is 0. The topological polar surface area (TPSA) is 110 Å². The molecular formula is C17H27ClN4O3S. The van der Waals surface area contributed by atoms with Gasteiger partial charge in [0.15, 0.2) is 0 Å². The first-order valence-electron chi connectivity index (χ1n) is 8.72. The Balaban J connectivity index is 0.00000243. The van der Waals surface area contributed by atoms with Gasteiger partial charge in [-0.1, -0.05) is 30.3 Å². The molecule has 2 atom stereocenters. The molecule has 7 nitrogen and oxygen atoms in total. The van der Waals surface area contributed by atoms with Gasteiger partial charge in [0, 0.05) is 38.0 Å². The predicted molar refractivity (Wildman–Crippen MR) is 103 cm³/mol. The van der Waals surface area contributed by atoms with Crippen LogP contribution in [0.1, 0.15) is 24.3 Å². The molecule has 0 aliphatic carbocycles. The predicted octanol–water partition coefficient (Wildman–Crippen LogP) is 0.525. The van der Waals surface area contributed by atoms with E-state index in [1.807, 2.05) is 23.1 Å². The van der Waals surface area contributed by atoms with Gasteiger partial charge in [-0.2, -0.15) is 12.7 Å². The van der Waals surface area contributed by atoms with Gasteiger partial charge in [0.1, 0.15) is 0 Å². The van der Waals surface area contributed by atoms with Crippen molar-refractivity contribution in [2.45, 2.75) is 18.8 Å². The summed E-state index contributed by atoms with van der Waals surface area (Å²) in [5.74, 6) is 0.507. The maximum absolute atomic E-state index is 12.9. The molecule has 0 spiro atoms. The van der Waals surface area contributed by atoms with Crippen molar-refractivity contribution in [3.8, 4) is 0 Å². The van der Waals surface area contributed by atoms with Gasteiger partial charge in [-0.05, 0) is 30.9 Å². The molecule has 1 aromatic rings. The van der Waals surface area contributed by atoms with Crippen molar-refractivity contribution in [2.75, 3.05) is 32.7 Å². The van der Waals surface area contributed by atoms with Gasteiger partial charge in [0.25, 0.3) is 10.2 Å². The summed E-state index contributed by atoms with van der Waals surface area (Å²) in [6.07, 6.45) is 1.05. The number of amides is 1. The third-order valence-electron chi connectivity index (χ3n) is 5.45. The fraction of sp³-hybridized carbons (Fsp3) is 0.588. The van der Waals surface area contributed by atoms with Crippen molar-refractivity contribution in [2.24, 2.45) is 22.7 Å². The van der Waals surface area contributed by atoms with Crippen LogP contribution in [0.25, 0.3) is 0 Å². The van der Waals surface area contributed by atoms with Gasteiger partial charge in [0.05, 0.1) is 0 Å². The number of carbonyl (C=O) groups is 1. The average molecular weight is 403 g/mol. The summed E-state index contributed by atoms with van der Waals surface area (Å²) in [4.78, 5) is 14.8. The van der Waals surface area contributed by atoms with Crippen molar-refractivity contribution in [1.82, 2.24) is 9.21 Å². The lowest BCUT2D eigenvalue weighted by atomic mass is 9.89. The van der Waals surface area contributed by atoms with Gasteiger partial charge in [-0.25, -0.2) is 5.14 Å². The van der Waals surface area contributed by atoms with Crippen LogP contribution in [0.3, 0.4) is 0 Å². The minimum absolute atomic E-state index is 0. The molecule has 2 aliphatic heterocycles. The summed E-state index contributed by atoms with van der Waals surface area (Å²) in [6.45, 7) is 2.52. The van der Waals surface area contributed by atoms with E-state index in [0.29, 0.717) is 45.6 Å². The number of rotatable bonds is 4. The third-order valence-corrected chi connectivity index (χ3v) is 6.53. The van der Waals surface area contributed by atoms with Crippen LogP contribution in [0.15, 0.2) is 30.3 Å². The smallest absolute Gasteiger partial charge is 0.276 e. The van der Waals surface area contributed by atoms with Crippen LogP contribution in [0.2, 0.25) is 0 Å². The number of nitrogens with zero attached hydrogens (tertiary/aromatic N) is 2. The summed E-state index contributed by atoms with van der Waals surface area (Å²) in [5.41, 5.74) is 7.16. The highest BCUT2D eigenvalue weighted by molar-refractivity contribution is 7.86. The zero-order valence-corrected chi connectivity index (χ0v) is 16.3. The van der Waals surface area contributed by atoms with Crippen LogP contribution in [0.5, 0.6) is 0 Å². The van der Waals surface area contributed by atoms with E-state index >= 15 is 0 Å². The van der Waals surface area contributed by atoms with E-state index < -0.39 is 10.2 Å². The minimum Gasteiger partial charge on any atom is -0.341 e. The molecule has 2 aliphatic rings. The lowest BCUT2D eigenvalue weighted by molar-refractivity contribution is -0.135. The monoisotopic (exact) mass is 402 g/mol. The number of benzene rings is 1. The molecule has 2 fully saturated rings. The summed E-state index contributed by atoms with van der Waals surface area (Å²) in [6, 6.07) is 10.2. The van der Waals surface area contributed by atoms with Crippen LogP contribution < -0.4 is 10.9 Å². The van der Waals surface area contributed by atoms with Crippen molar-refractivity contribution >= 4 is 28.5 Å². The van der Waals surface area contributed by atoms with Gasteiger partial charge < -0.3 is 10.6 Å². The second kappa shape index (κ2) is 8.67. The zero-order chi connectivity index (χ0) is 18.0. The zero-order valence-electron chi connectivity index (χ0n) is 14.7. The Bertz CT molecular complexity index is 708. The highest BCUT2D eigenvalue weighted by Crippen LogP contribution is 2.34. The van der Waals surface area contributed by atoms with E-state index in [1.54, 1.807) is 0 Å². The summed E-state index contributed by atoms with van der Waals surface area (Å²) in [7, 11) is -3.66. The molecule has 0 saturated carbocycles. The molecule has 0 aromatic heterocycles. The Morgan fingerprint density at radius 3 is 2.27 bits per heavy atom. The van der Waals surface area contributed by atoms with Crippen LogP contribution in [0.4, 0.5) is 0 Å². The number of halogens is 1. The molecule has 0 radical (unpaired) electrons. The Labute approximate surface area is 161 Å². The van der Waals surface area contributed by atoms with Gasteiger partial charge in [-0.3, -0.25) is 4.79 Å². The second-order valence-electron chi connectivity index (χ2n) is 6.97. The Morgan fingerprint density at radius 1 is 1.12 bits per heavy atom. The normalized spacial score (nSPS) is 25.1. The van der Waals surface area contributed by atoms with E-state index in [0.717, 1.165) is 0 Å². The van der Waals surface area contributed by atoms with Gasteiger partial charge in [-0.15, -0.1) is 12.4 Å². The van der Waals surface area contributed by atoms with Crippen LogP contribution in [-0.4, -0.2) is 56.3 Å². The summed E-state index contributed by atoms with van der Waals surface area (Å²) < 4.78 is 24.0. The van der Waals surface area contributed by atoms with Gasteiger partial charge in [0.2, 0.25) is 5.91 Å². The molecule has 1 amide bonds. The van der Waals surface area contributed by atoms with Crippen LogP contribution in [0, 0.1) is 11.8 Å².